The molecule has 0 amide bonds. The van der Waals surface area contributed by atoms with Gasteiger partial charge >= 0.3 is 5.97 Å². The number of hydrogen-bond acceptors (Lipinski definition) is 4. The van der Waals surface area contributed by atoms with Crippen LogP contribution in [0.1, 0.15) is 30.4 Å². The molecule has 0 radical (unpaired) electrons. The predicted molar refractivity (Wildman–Crippen MR) is 78.9 cm³/mol. The smallest absolute Gasteiger partial charge is 0.307 e. The van der Waals surface area contributed by atoms with E-state index in [0.29, 0.717) is 12.8 Å². The predicted octanol–water partition coefficient (Wildman–Crippen LogP) is 1.02. The summed E-state index contributed by atoms with van der Waals surface area (Å²) in [6, 6.07) is 7.62. The topological polar surface area (TPSA) is 81.0 Å². The van der Waals surface area contributed by atoms with Gasteiger partial charge in [0.25, 0.3) is 0 Å². The fourth-order valence-corrected chi connectivity index (χ4v) is 2.75. The molecule has 21 heavy (non-hydrogen) atoms. The van der Waals surface area contributed by atoms with Crippen LogP contribution in [0.15, 0.2) is 24.3 Å². The monoisotopic (exact) mass is 293 g/mol. The lowest BCUT2D eigenvalue weighted by atomic mass is 9.96. The van der Waals surface area contributed by atoms with Gasteiger partial charge in [-0.25, -0.2) is 0 Å². The highest BCUT2D eigenvalue weighted by Crippen LogP contribution is 2.22. The number of carboxylic acids is 1. The van der Waals surface area contributed by atoms with Gasteiger partial charge in [-0.15, -0.1) is 0 Å². The molecule has 1 aliphatic heterocycles. The number of carbonyl (C=O) groups is 1. The molecule has 1 atom stereocenters. The lowest BCUT2D eigenvalue weighted by Crippen LogP contribution is -2.34. The standard InChI is InChI=1S/C16H23NO4/c18-12-16(21)6-1-8-17(9-7-16)11-14-4-2-13(3-5-14)10-15(19)20/h2-5,18,21H,1,6-12H2,(H,19,20)/t16-/m0/s1. The van der Waals surface area contributed by atoms with E-state index in [1.165, 1.54) is 0 Å². The minimum Gasteiger partial charge on any atom is -0.481 e. The van der Waals surface area contributed by atoms with Crippen LogP contribution in [0.25, 0.3) is 0 Å². The van der Waals surface area contributed by atoms with Crippen molar-refractivity contribution in [1.29, 1.82) is 0 Å². The fourth-order valence-electron chi connectivity index (χ4n) is 2.75. The van der Waals surface area contributed by atoms with Crippen LogP contribution in [0.2, 0.25) is 0 Å². The summed E-state index contributed by atoms with van der Waals surface area (Å²) >= 11 is 0. The van der Waals surface area contributed by atoms with Crippen LogP contribution >= 0.6 is 0 Å². The summed E-state index contributed by atoms with van der Waals surface area (Å²) in [5, 5.41) is 28.1. The number of rotatable bonds is 5. The Morgan fingerprint density at radius 1 is 1.14 bits per heavy atom. The highest BCUT2D eigenvalue weighted by Gasteiger charge is 2.29. The Balaban J connectivity index is 1.91. The van der Waals surface area contributed by atoms with E-state index in [1.54, 1.807) is 0 Å². The Hall–Kier alpha value is -1.43. The molecular formula is C16H23NO4. The number of hydrogen-bond donors (Lipinski definition) is 3. The number of aliphatic hydroxyl groups excluding tert-OH is 1. The lowest BCUT2D eigenvalue weighted by Gasteiger charge is -2.24. The van der Waals surface area contributed by atoms with Gasteiger partial charge < -0.3 is 15.3 Å². The summed E-state index contributed by atoms with van der Waals surface area (Å²) in [4.78, 5) is 12.9. The van der Waals surface area contributed by atoms with Gasteiger partial charge in [0, 0.05) is 13.1 Å². The molecule has 5 nitrogen and oxygen atoms in total. The second-order valence-corrected chi connectivity index (χ2v) is 5.90. The number of benzene rings is 1. The van der Waals surface area contributed by atoms with E-state index in [-0.39, 0.29) is 13.0 Å². The number of carboxylic acid groups (broad SMARTS) is 1. The first-order chi connectivity index (χ1) is 10.0. The van der Waals surface area contributed by atoms with Crippen LogP contribution in [0, 0.1) is 0 Å². The molecule has 1 saturated heterocycles. The van der Waals surface area contributed by atoms with E-state index in [0.717, 1.165) is 37.2 Å². The fraction of sp³-hybridized carbons (Fsp3) is 0.562. The van der Waals surface area contributed by atoms with Crippen LogP contribution in [0.5, 0.6) is 0 Å². The minimum absolute atomic E-state index is 0.0491. The summed E-state index contributed by atoms with van der Waals surface area (Å²) in [5.41, 5.74) is 1.01. The molecule has 0 bridgehead atoms. The second kappa shape index (κ2) is 7.02. The largest absolute Gasteiger partial charge is 0.481 e. The molecule has 3 N–H and O–H groups in total. The van der Waals surface area contributed by atoms with Crippen molar-refractivity contribution in [3.63, 3.8) is 0 Å². The molecule has 1 aromatic rings. The number of aliphatic hydroxyl groups is 2. The van der Waals surface area contributed by atoms with Crippen molar-refractivity contribution in [2.24, 2.45) is 0 Å². The van der Waals surface area contributed by atoms with Gasteiger partial charge in [0.05, 0.1) is 18.6 Å². The summed E-state index contributed by atoms with van der Waals surface area (Å²) in [6.45, 7) is 2.27. The van der Waals surface area contributed by atoms with E-state index in [1.807, 2.05) is 24.3 Å². The van der Waals surface area contributed by atoms with Gasteiger partial charge in [0.1, 0.15) is 0 Å². The SMILES string of the molecule is O=C(O)Cc1ccc(CN2CCC[C@@](O)(CO)CC2)cc1. The molecule has 1 aliphatic rings. The van der Waals surface area contributed by atoms with Gasteiger partial charge in [0.2, 0.25) is 0 Å². The first-order valence-corrected chi connectivity index (χ1v) is 7.36. The van der Waals surface area contributed by atoms with Crippen LogP contribution < -0.4 is 0 Å². The van der Waals surface area contributed by atoms with Crippen molar-refractivity contribution < 1.29 is 20.1 Å². The average Bonchev–Trinajstić information content (AvgIpc) is 2.64. The van der Waals surface area contributed by atoms with Crippen molar-refractivity contribution >= 4 is 5.97 Å². The summed E-state index contributed by atoms with van der Waals surface area (Å²) < 4.78 is 0. The Bertz CT molecular complexity index is 474. The summed E-state index contributed by atoms with van der Waals surface area (Å²) in [6.07, 6.45) is 2.14. The quantitative estimate of drug-likeness (QED) is 0.755. The van der Waals surface area contributed by atoms with Gasteiger partial charge in [0.15, 0.2) is 0 Å². The number of nitrogens with zero attached hydrogens (tertiary/aromatic N) is 1. The van der Waals surface area contributed by atoms with Crippen LogP contribution in [-0.2, 0) is 17.8 Å². The Morgan fingerprint density at radius 3 is 2.43 bits per heavy atom. The van der Waals surface area contributed by atoms with Crippen LogP contribution in [-0.4, -0.2) is 51.5 Å². The third kappa shape index (κ3) is 4.81. The van der Waals surface area contributed by atoms with Gasteiger partial charge in [-0.1, -0.05) is 24.3 Å². The van der Waals surface area contributed by atoms with E-state index >= 15 is 0 Å². The maximum absolute atomic E-state index is 10.6. The molecule has 0 aliphatic carbocycles. The highest BCUT2D eigenvalue weighted by molar-refractivity contribution is 5.70. The molecule has 1 fully saturated rings. The van der Waals surface area contributed by atoms with E-state index in [2.05, 4.69) is 4.90 Å². The normalized spacial score (nSPS) is 23.7. The minimum atomic E-state index is -0.930. The molecule has 0 saturated carbocycles. The zero-order valence-electron chi connectivity index (χ0n) is 12.2. The van der Waals surface area contributed by atoms with Crippen molar-refractivity contribution in [2.75, 3.05) is 19.7 Å². The molecule has 0 aromatic heterocycles. The molecule has 2 rings (SSSR count). The van der Waals surface area contributed by atoms with Crippen LogP contribution in [0.4, 0.5) is 0 Å². The first-order valence-electron chi connectivity index (χ1n) is 7.36. The third-order valence-corrected chi connectivity index (χ3v) is 4.09. The first kappa shape index (κ1) is 15.9. The zero-order valence-corrected chi connectivity index (χ0v) is 12.2. The van der Waals surface area contributed by atoms with Crippen molar-refractivity contribution in [2.45, 2.75) is 37.8 Å². The van der Waals surface area contributed by atoms with Crippen LogP contribution in [0.3, 0.4) is 0 Å². The maximum atomic E-state index is 10.6. The van der Waals surface area contributed by atoms with Crippen molar-refractivity contribution in [3.05, 3.63) is 35.4 Å². The number of likely N-dealkylation sites (tertiary alicyclic amines) is 1. The third-order valence-electron chi connectivity index (χ3n) is 4.09. The molecule has 1 heterocycles. The Labute approximate surface area is 124 Å². The molecular weight excluding hydrogens is 270 g/mol. The Kier molecular flexibility index (Phi) is 5.33. The average molecular weight is 293 g/mol. The van der Waals surface area contributed by atoms with Crippen molar-refractivity contribution in [1.82, 2.24) is 4.90 Å². The Morgan fingerprint density at radius 2 is 1.81 bits per heavy atom. The molecule has 116 valence electrons. The van der Waals surface area contributed by atoms with Gasteiger partial charge in [-0.3, -0.25) is 9.69 Å². The van der Waals surface area contributed by atoms with Gasteiger partial charge in [-0.2, -0.15) is 0 Å². The molecule has 1 aromatic carbocycles. The molecule has 5 heteroatoms. The summed E-state index contributed by atoms with van der Waals surface area (Å²) in [5.74, 6) is -0.821. The van der Waals surface area contributed by atoms with Crippen molar-refractivity contribution in [3.8, 4) is 0 Å². The van der Waals surface area contributed by atoms with E-state index < -0.39 is 11.6 Å². The van der Waals surface area contributed by atoms with Gasteiger partial charge in [-0.05, 0) is 36.9 Å². The molecule has 0 spiro atoms. The lowest BCUT2D eigenvalue weighted by molar-refractivity contribution is -0.136. The summed E-state index contributed by atoms with van der Waals surface area (Å²) in [7, 11) is 0. The second-order valence-electron chi connectivity index (χ2n) is 5.90. The number of aliphatic carboxylic acids is 1. The molecule has 0 unspecified atom stereocenters. The zero-order chi connectivity index (χ0) is 15.3. The maximum Gasteiger partial charge on any atom is 0.307 e. The van der Waals surface area contributed by atoms with E-state index in [9.17, 15) is 15.0 Å². The van der Waals surface area contributed by atoms with E-state index in [4.69, 9.17) is 5.11 Å². The highest BCUT2D eigenvalue weighted by atomic mass is 16.4.